The van der Waals surface area contributed by atoms with E-state index in [2.05, 4.69) is 25.5 Å². The highest BCUT2D eigenvalue weighted by Crippen LogP contribution is 2.30. The summed E-state index contributed by atoms with van der Waals surface area (Å²) in [6.07, 6.45) is 4.02. The zero-order valence-electron chi connectivity index (χ0n) is 12.8. The summed E-state index contributed by atoms with van der Waals surface area (Å²) in [5, 5.41) is 11.3. The lowest BCUT2D eigenvalue weighted by Gasteiger charge is -2.35. The first kappa shape index (κ1) is 14.0. The van der Waals surface area contributed by atoms with Crippen LogP contribution in [0.2, 0.25) is 0 Å². The molecule has 4 rings (SSSR count). The molecule has 1 fully saturated rings. The molecule has 0 unspecified atom stereocenters. The highest BCUT2D eigenvalue weighted by atomic mass is 16.5. The number of anilines is 2. The van der Waals surface area contributed by atoms with Gasteiger partial charge in [-0.2, -0.15) is 10.1 Å². The van der Waals surface area contributed by atoms with Crippen molar-refractivity contribution in [2.24, 2.45) is 0 Å². The van der Waals surface area contributed by atoms with Gasteiger partial charge in [-0.3, -0.25) is 5.10 Å². The van der Waals surface area contributed by atoms with Crippen molar-refractivity contribution in [2.75, 3.05) is 18.2 Å². The average Bonchev–Trinajstić information content (AvgIpc) is 3.03. The first-order chi connectivity index (χ1) is 11.2. The fraction of sp³-hybridized carbons (Fsp3) is 0.312. The normalized spacial score (nSPS) is 20.4. The summed E-state index contributed by atoms with van der Waals surface area (Å²) >= 11 is 0. The van der Waals surface area contributed by atoms with Gasteiger partial charge in [0.05, 0.1) is 17.3 Å². The Hall–Kier alpha value is -2.67. The number of aromatic amines is 1. The van der Waals surface area contributed by atoms with Gasteiger partial charge in [0, 0.05) is 30.3 Å². The van der Waals surface area contributed by atoms with Gasteiger partial charge in [0.1, 0.15) is 5.82 Å². The predicted molar refractivity (Wildman–Crippen MR) is 89.0 cm³/mol. The van der Waals surface area contributed by atoms with Crippen molar-refractivity contribution in [3.63, 3.8) is 0 Å². The Morgan fingerprint density at radius 1 is 1.26 bits per heavy atom. The van der Waals surface area contributed by atoms with Crippen molar-refractivity contribution in [3.8, 4) is 11.3 Å². The van der Waals surface area contributed by atoms with Crippen molar-refractivity contribution in [3.05, 3.63) is 30.5 Å². The smallest absolute Gasteiger partial charge is 0.222 e. The second kappa shape index (κ2) is 5.51. The summed E-state index contributed by atoms with van der Waals surface area (Å²) in [5.41, 5.74) is 8.65. The van der Waals surface area contributed by atoms with Crippen LogP contribution in [0, 0.1) is 0 Å². The molecule has 23 heavy (non-hydrogen) atoms. The molecule has 0 atom stereocenters. The Morgan fingerprint density at radius 3 is 2.87 bits per heavy atom. The molecule has 0 spiro atoms. The second-order valence-corrected chi connectivity index (χ2v) is 5.80. The molecule has 0 amide bonds. The Kier molecular flexibility index (Phi) is 3.34. The molecule has 118 valence electrons. The SMILES string of the molecule is CO[C@H]1C[C@H](Nc2nc(N)nc3cc(-c4ccn[nH]4)ccc23)C1. The summed E-state index contributed by atoms with van der Waals surface area (Å²) in [6, 6.07) is 8.32. The van der Waals surface area contributed by atoms with Crippen molar-refractivity contribution >= 4 is 22.7 Å². The third-order valence-corrected chi connectivity index (χ3v) is 4.29. The second-order valence-electron chi connectivity index (χ2n) is 5.80. The van der Waals surface area contributed by atoms with E-state index < -0.39 is 0 Å². The molecule has 0 aliphatic heterocycles. The third-order valence-electron chi connectivity index (χ3n) is 4.29. The van der Waals surface area contributed by atoms with Gasteiger partial charge < -0.3 is 15.8 Å². The van der Waals surface area contributed by atoms with Gasteiger partial charge in [0.15, 0.2) is 0 Å². The minimum Gasteiger partial charge on any atom is -0.381 e. The number of nitrogens with one attached hydrogen (secondary N) is 2. The molecule has 1 aromatic carbocycles. The molecule has 7 nitrogen and oxygen atoms in total. The molecule has 0 bridgehead atoms. The lowest BCUT2D eigenvalue weighted by Crippen LogP contribution is -2.40. The summed E-state index contributed by atoms with van der Waals surface area (Å²) < 4.78 is 5.32. The largest absolute Gasteiger partial charge is 0.381 e. The Balaban J connectivity index is 1.68. The number of nitrogens with two attached hydrogens (primary N) is 1. The molecular weight excluding hydrogens is 292 g/mol. The van der Waals surface area contributed by atoms with E-state index in [4.69, 9.17) is 10.5 Å². The van der Waals surface area contributed by atoms with Crippen LogP contribution in [0.3, 0.4) is 0 Å². The molecule has 2 aromatic heterocycles. The predicted octanol–water partition coefficient (Wildman–Crippen LogP) is 2.19. The minimum absolute atomic E-state index is 0.268. The number of nitrogens with zero attached hydrogens (tertiary/aromatic N) is 3. The van der Waals surface area contributed by atoms with Crippen LogP contribution in [-0.4, -0.2) is 39.4 Å². The summed E-state index contributed by atoms with van der Waals surface area (Å²) in [4.78, 5) is 8.72. The highest BCUT2D eigenvalue weighted by Gasteiger charge is 2.29. The van der Waals surface area contributed by atoms with Gasteiger partial charge in [0.2, 0.25) is 5.95 Å². The van der Waals surface area contributed by atoms with E-state index in [-0.39, 0.29) is 5.95 Å². The molecule has 1 saturated carbocycles. The van der Waals surface area contributed by atoms with Crippen molar-refractivity contribution in [2.45, 2.75) is 25.0 Å². The van der Waals surface area contributed by atoms with E-state index in [1.165, 1.54) is 0 Å². The average molecular weight is 310 g/mol. The van der Waals surface area contributed by atoms with Crippen LogP contribution < -0.4 is 11.1 Å². The van der Waals surface area contributed by atoms with Crippen LogP contribution >= 0.6 is 0 Å². The van der Waals surface area contributed by atoms with Crippen molar-refractivity contribution in [1.82, 2.24) is 20.2 Å². The molecular formula is C16H18N6O. The van der Waals surface area contributed by atoms with Crippen LogP contribution in [0.1, 0.15) is 12.8 Å². The van der Waals surface area contributed by atoms with Crippen molar-refractivity contribution < 1.29 is 4.74 Å². The standard InChI is InChI=1S/C16H18N6O/c1-23-11-7-10(8-11)19-15-12-3-2-9(13-4-5-18-22-13)6-14(12)20-16(17)21-15/h2-6,10-11H,7-8H2,1H3,(H,18,22)(H3,17,19,20,21)/t10-,11-. The first-order valence-electron chi connectivity index (χ1n) is 7.59. The number of hydrogen-bond donors (Lipinski definition) is 3. The van der Waals surface area contributed by atoms with E-state index in [0.29, 0.717) is 12.1 Å². The zero-order valence-corrected chi connectivity index (χ0v) is 12.8. The maximum Gasteiger partial charge on any atom is 0.222 e. The number of methoxy groups -OCH3 is 1. The van der Waals surface area contributed by atoms with E-state index in [1.54, 1.807) is 13.3 Å². The van der Waals surface area contributed by atoms with Crippen LogP contribution in [-0.2, 0) is 4.74 Å². The molecule has 2 heterocycles. The molecule has 3 aromatic rings. The van der Waals surface area contributed by atoms with Gasteiger partial charge >= 0.3 is 0 Å². The highest BCUT2D eigenvalue weighted by molar-refractivity contribution is 5.92. The summed E-state index contributed by atoms with van der Waals surface area (Å²) in [5.74, 6) is 1.05. The molecule has 1 aliphatic carbocycles. The van der Waals surface area contributed by atoms with Gasteiger partial charge in [-0.15, -0.1) is 0 Å². The fourth-order valence-electron chi connectivity index (χ4n) is 2.91. The minimum atomic E-state index is 0.268. The molecule has 0 saturated heterocycles. The number of benzene rings is 1. The number of nitrogen functional groups attached to an aromatic ring is 1. The zero-order chi connectivity index (χ0) is 15.8. The third kappa shape index (κ3) is 2.59. The van der Waals surface area contributed by atoms with Crippen LogP contribution in [0.15, 0.2) is 30.5 Å². The van der Waals surface area contributed by atoms with Gasteiger partial charge in [-0.25, -0.2) is 4.98 Å². The van der Waals surface area contributed by atoms with Gasteiger partial charge in [-0.1, -0.05) is 6.07 Å². The summed E-state index contributed by atoms with van der Waals surface area (Å²) in [6.45, 7) is 0. The first-order valence-corrected chi connectivity index (χ1v) is 7.59. The van der Waals surface area contributed by atoms with Crippen LogP contribution in [0.4, 0.5) is 11.8 Å². The van der Waals surface area contributed by atoms with Gasteiger partial charge in [-0.05, 0) is 31.0 Å². The van der Waals surface area contributed by atoms with Crippen LogP contribution in [0.5, 0.6) is 0 Å². The number of hydrogen-bond acceptors (Lipinski definition) is 6. The Bertz CT molecular complexity index is 826. The molecule has 7 heteroatoms. The quantitative estimate of drug-likeness (QED) is 0.683. The van der Waals surface area contributed by atoms with E-state index in [9.17, 15) is 0 Å². The number of rotatable bonds is 4. The number of fused-ring (bicyclic) bond motifs is 1. The van der Waals surface area contributed by atoms with Crippen LogP contribution in [0.25, 0.3) is 22.2 Å². The molecule has 0 radical (unpaired) electrons. The fourth-order valence-corrected chi connectivity index (χ4v) is 2.91. The van der Waals surface area contributed by atoms with E-state index in [0.717, 1.165) is 40.8 Å². The Labute approximate surface area is 133 Å². The monoisotopic (exact) mass is 310 g/mol. The maximum atomic E-state index is 5.88. The number of ether oxygens (including phenoxy) is 1. The van der Waals surface area contributed by atoms with E-state index >= 15 is 0 Å². The number of H-pyrrole nitrogens is 1. The molecule has 4 N–H and O–H groups in total. The maximum absolute atomic E-state index is 5.88. The van der Waals surface area contributed by atoms with Crippen molar-refractivity contribution in [1.29, 1.82) is 0 Å². The summed E-state index contributed by atoms with van der Waals surface area (Å²) in [7, 11) is 1.75. The number of aromatic nitrogens is 4. The topological polar surface area (TPSA) is 102 Å². The van der Waals surface area contributed by atoms with Gasteiger partial charge in [0.25, 0.3) is 0 Å². The molecule has 1 aliphatic rings. The lowest BCUT2D eigenvalue weighted by molar-refractivity contribution is 0.0328. The van der Waals surface area contributed by atoms with E-state index in [1.807, 2.05) is 24.3 Å². The lowest BCUT2D eigenvalue weighted by atomic mass is 9.89. The Morgan fingerprint density at radius 2 is 2.13 bits per heavy atom.